The molecule has 3 rings (SSSR count). The summed E-state index contributed by atoms with van der Waals surface area (Å²) in [5.41, 5.74) is 0.305. The monoisotopic (exact) mass is 437 g/mol. The van der Waals surface area contributed by atoms with E-state index in [9.17, 15) is 22.8 Å². The van der Waals surface area contributed by atoms with Crippen LogP contribution in [0.2, 0.25) is 0 Å². The van der Waals surface area contributed by atoms with Crippen molar-refractivity contribution in [1.82, 2.24) is 9.80 Å². The minimum atomic E-state index is -3.39. The zero-order chi connectivity index (χ0) is 21.7. The molecular weight excluding hydrogens is 410 g/mol. The molecule has 2 aliphatic heterocycles. The minimum absolute atomic E-state index is 0.0338. The lowest BCUT2D eigenvalue weighted by atomic mass is 9.98. The van der Waals surface area contributed by atoms with Gasteiger partial charge in [0, 0.05) is 38.1 Å². The van der Waals surface area contributed by atoms with Gasteiger partial charge in [0.25, 0.3) is 5.91 Å². The molecule has 1 N–H and O–H groups in total. The summed E-state index contributed by atoms with van der Waals surface area (Å²) in [6.07, 6.45) is 4.42. The number of ether oxygens (including phenoxy) is 1. The van der Waals surface area contributed by atoms with E-state index in [1.54, 1.807) is 11.0 Å². The fraction of sp³-hybridized carbons (Fsp3) is 0.550. The van der Waals surface area contributed by atoms with Gasteiger partial charge in [-0.25, -0.2) is 13.2 Å². The number of hydrogen-bond acceptors (Lipinski definition) is 6. The maximum absolute atomic E-state index is 12.5. The number of nitrogens with zero attached hydrogens (tertiary/aromatic N) is 2. The highest BCUT2D eigenvalue weighted by molar-refractivity contribution is 7.90. The fourth-order valence-corrected chi connectivity index (χ4v) is 4.37. The van der Waals surface area contributed by atoms with Crippen molar-refractivity contribution in [3.8, 4) is 0 Å². The van der Waals surface area contributed by atoms with Gasteiger partial charge in [-0.3, -0.25) is 9.59 Å². The molecule has 30 heavy (non-hydrogen) atoms. The van der Waals surface area contributed by atoms with E-state index in [0.29, 0.717) is 31.6 Å². The number of urea groups is 1. The van der Waals surface area contributed by atoms with Crippen LogP contribution < -0.4 is 5.32 Å². The van der Waals surface area contributed by atoms with E-state index in [1.807, 2.05) is 4.90 Å². The Morgan fingerprint density at radius 3 is 2.50 bits per heavy atom. The van der Waals surface area contributed by atoms with Crippen LogP contribution in [0, 0.1) is 5.92 Å². The van der Waals surface area contributed by atoms with Gasteiger partial charge < -0.3 is 19.9 Å². The molecule has 9 nitrogen and oxygen atoms in total. The first kappa shape index (κ1) is 22.1. The first-order valence-corrected chi connectivity index (χ1v) is 11.9. The van der Waals surface area contributed by atoms with E-state index in [4.69, 9.17) is 4.74 Å². The summed E-state index contributed by atoms with van der Waals surface area (Å²) in [5.74, 6) is -1.52. The number of carbonyl (C=O) groups excluding carboxylic acids is 3. The Morgan fingerprint density at radius 2 is 1.80 bits per heavy atom. The zero-order valence-electron chi connectivity index (χ0n) is 17.0. The Bertz CT molecular complexity index is 911. The van der Waals surface area contributed by atoms with E-state index < -0.39 is 34.2 Å². The van der Waals surface area contributed by atoms with E-state index in [1.165, 1.54) is 18.2 Å². The van der Waals surface area contributed by atoms with Gasteiger partial charge in [-0.1, -0.05) is 6.07 Å². The number of hydrogen-bond donors (Lipinski definition) is 1. The van der Waals surface area contributed by atoms with Gasteiger partial charge in [0.1, 0.15) is 0 Å². The van der Waals surface area contributed by atoms with Gasteiger partial charge in [-0.2, -0.15) is 0 Å². The summed E-state index contributed by atoms with van der Waals surface area (Å²) in [6.45, 7) is 1.96. The van der Waals surface area contributed by atoms with Gasteiger partial charge in [0.2, 0.25) is 0 Å². The quantitative estimate of drug-likeness (QED) is 0.699. The summed E-state index contributed by atoms with van der Waals surface area (Å²) in [7, 11) is -3.39. The topological polar surface area (TPSA) is 113 Å². The van der Waals surface area contributed by atoms with Crippen LogP contribution in [0.1, 0.15) is 25.7 Å². The summed E-state index contributed by atoms with van der Waals surface area (Å²) in [4.78, 5) is 40.6. The minimum Gasteiger partial charge on any atom is -0.455 e. The number of esters is 1. The second kappa shape index (κ2) is 9.46. The van der Waals surface area contributed by atoms with Gasteiger partial charge in [-0.05, 0) is 43.9 Å². The average Bonchev–Trinajstić information content (AvgIpc) is 3.26. The van der Waals surface area contributed by atoms with E-state index >= 15 is 0 Å². The third kappa shape index (κ3) is 5.71. The Morgan fingerprint density at radius 1 is 1.10 bits per heavy atom. The van der Waals surface area contributed by atoms with Gasteiger partial charge in [0.05, 0.1) is 10.8 Å². The van der Waals surface area contributed by atoms with Crippen LogP contribution in [0.4, 0.5) is 10.5 Å². The number of amides is 3. The smallest absolute Gasteiger partial charge is 0.320 e. The predicted molar refractivity (Wildman–Crippen MR) is 110 cm³/mol. The molecule has 1 unspecified atom stereocenters. The van der Waals surface area contributed by atoms with Crippen molar-refractivity contribution in [3.05, 3.63) is 24.3 Å². The number of nitrogens with one attached hydrogen (secondary N) is 1. The predicted octanol–water partition coefficient (Wildman–Crippen LogP) is 1.50. The molecular formula is C20H27N3O6S. The Balaban J connectivity index is 1.49. The number of carbonyl (C=O) groups is 3. The molecule has 2 saturated heterocycles. The molecule has 0 spiro atoms. The lowest BCUT2D eigenvalue weighted by molar-refractivity contribution is -0.152. The molecule has 10 heteroatoms. The van der Waals surface area contributed by atoms with Crippen molar-refractivity contribution < 1.29 is 27.5 Å². The SMILES string of the molecule is CS(=O)(=O)c1cccc(NC(=O)COC(=O)C2CCCN(C(=O)N3CCCC3)C2)c1. The van der Waals surface area contributed by atoms with Crippen LogP contribution in [-0.2, 0) is 24.2 Å². The van der Waals surface area contributed by atoms with Crippen LogP contribution in [0.15, 0.2) is 29.2 Å². The van der Waals surface area contributed by atoms with Crippen molar-refractivity contribution >= 4 is 33.4 Å². The molecule has 2 heterocycles. The van der Waals surface area contributed by atoms with Gasteiger partial charge in [0.15, 0.2) is 16.4 Å². The van der Waals surface area contributed by atoms with E-state index in [-0.39, 0.29) is 10.9 Å². The molecule has 0 aliphatic carbocycles. The van der Waals surface area contributed by atoms with Crippen molar-refractivity contribution in [2.45, 2.75) is 30.6 Å². The van der Waals surface area contributed by atoms with Gasteiger partial charge >= 0.3 is 12.0 Å². The zero-order valence-corrected chi connectivity index (χ0v) is 17.8. The molecule has 0 bridgehead atoms. The molecule has 164 valence electrons. The summed E-state index contributed by atoms with van der Waals surface area (Å²) >= 11 is 0. The van der Waals surface area contributed by atoms with Crippen molar-refractivity contribution in [3.63, 3.8) is 0 Å². The number of likely N-dealkylation sites (tertiary alicyclic amines) is 2. The second-order valence-electron chi connectivity index (χ2n) is 7.72. The summed E-state index contributed by atoms with van der Waals surface area (Å²) in [6, 6.07) is 5.82. The first-order valence-electron chi connectivity index (χ1n) is 10.0. The van der Waals surface area contributed by atoms with Crippen LogP contribution in [0.3, 0.4) is 0 Å². The first-order chi connectivity index (χ1) is 14.2. The number of benzene rings is 1. The van der Waals surface area contributed by atoms with E-state index in [2.05, 4.69) is 5.32 Å². The number of anilines is 1. The van der Waals surface area contributed by atoms with Crippen molar-refractivity contribution in [2.24, 2.45) is 5.92 Å². The number of sulfone groups is 1. The lowest BCUT2D eigenvalue weighted by Crippen LogP contribution is -2.48. The molecule has 3 amide bonds. The van der Waals surface area contributed by atoms with Crippen molar-refractivity contribution in [1.29, 1.82) is 0 Å². The molecule has 0 saturated carbocycles. The molecule has 1 aromatic carbocycles. The largest absolute Gasteiger partial charge is 0.455 e. The average molecular weight is 438 g/mol. The standard InChI is InChI=1S/C20H27N3O6S/c1-30(27,28)17-8-4-7-16(12-17)21-18(24)14-29-19(25)15-6-5-11-23(13-15)20(26)22-9-2-3-10-22/h4,7-8,12,15H,2-3,5-6,9-11,13-14H2,1H3,(H,21,24). The Labute approximate surface area is 176 Å². The normalized spacial score (nSPS) is 19.4. The van der Waals surface area contributed by atoms with Crippen molar-refractivity contribution in [2.75, 3.05) is 44.4 Å². The van der Waals surface area contributed by atoms with Crippen LogP contribution in [0.5, 0.6) is 0 Å². The molecule has 1 atom stereocenters. The summed E-state index contributed by atoms with van der Waals surface area (Å²) < 4.78 is 28.4. The lowest BCUT2D eigenvalue weighted by Gasteiger charge is -2.34. The van der Waals surface area contributed by atoms with Gasteiger partial charge in [-0.15, -0.1) is 0 Å². The molecule has 1 aromatic rings. The maximum Gasteiger partial charge on any atom is 0.320 e. The second-order valence-corrected chi connectivity index (χ2v) is 9.73. The number of piperidine rings is 1. The fourth-order valence-electron chi connectivity index (χ4n) is 3.71. The molecule has 0 radical (unpaired) electrons. The van der Waals surface area contributed by atoms with E-state index in [0.717, 1.165) is 32.2 Å². The third-order valence-electron chi connectivity index (χ3n) is 5.29. The Hall–Kier alpha value is -2.62. The van der Waals surface area contributed by atoms with Crippen LogP contribution in [-0.4, -0.2) is 75.2 Å². The van der Waals surface area contributed by atoms with Crippen LogP contribution >= 0.6 is 0 Å². The molecule has 0 aromatic heterocycles. The maximum atomic E-state index is 12.5. The highest BCUT2D eigenvalue weighted by Gasteiger charge is 2.32. The highest BCUT2D eigenvalue weighted by atomic mass is 32.2. The third-order valence-corrected chi connectivity index (χ3v) is 6.40. The highest BCUT2D eigenvalue weighted by Crippen LogP contribution is 2.21. The molecule has 2 fully saturated rings. The molecule has 2 aliphatic rings. The Kier molecular flexibility index (Phi) is 6.96. The summed E-state index contributed by atoms with van der Waals surface area (Å²) in [5, 5.41) is 2.52. The van der Waals surface area contributed by atoms with Crippen LogP contribution in [0.25, 0.3) is 0 Å². The number of rotatable bonds is 5.